The Hall–Kier alpha value is -1.09. The minimum absolute atomic E-state index is 0.503. The molecule has 0 spiro atoms. The van der Waals surface area contributed by atoms with Crippen LogP contribution in [-0.4, -0.2) is 24.2 Å². The normalized spacial score (nSPS) is 12.8. The summed E-state index contributed by atoms with van der Waals surface area (Å²) in [6.07, 6.45) is 1.78. The number of aromatic nitrogens is 1. The molecule has 3 heteroatoms. The molecule has 1 unspecified atom stereocenters. The van der Waals surface area contributed by atoms with Crippen LogP contribution in [0.3, 0.4) is 0 Å². The van der Waals surface area contributed by atoms with E-state index in [1.807, 2.05) is 19.1 Å². The maximum absolute atomic E-state index is 5.65. The Morgan fingerprint density at radius 3 is 2.62 bits per heavy atom. The summed E-state index contributed by atoms with van der Waals surface area (Å²) in [7, 11) is 0. The zero-order valence-corrected chi connectivity index (χ0v) is 10.7. The SMILES string of the molecule is Cc1ccc(OCC(C)CNC(C)C)cn1. The molecule has 90 valence electrons. The van der Waals surface area contributed by atoms with Gasteiger partial charge in [-0.25, -0.2) is 0 Å². The zero-order chi connectivity index (χ0) is 12.0. The molecule has 0 fully saturated rings. The molecule has 0 saturated heterocycles. The van der Waals surface area contributed by atoms with Crippen LogP contribution in [0.5, 0.6) is 5.75 Å². The highest BCUT2D eigenvalue weighted by atomic mass is 16.5. The van der Waals surface area contributed by atoms with E-state index in [9.17, 15) is 0 Å². The van der Waals surface area contributed by atoms with Crippen LogP contribution in [0.4, 0.5) is 0 Å². The lowest BCUT2D eigenvalue weighted by atomic mass is 10.2. The van der Waals surface area contributed by atoms with E-state index >= 15 is 0 Å². The van der Waals surface area contributed by atoms with Crippen LogP contribution in [-0.2, 0) is 0 Å². The average molecular weight is 222 g/mol. The molecule has 1 N–H and O–H groups in total. The van der Waals surface area contributed by atoms with E-state index in [0.717, 1.165) is 24.6 Å². The quantitative estimate of drug-likeness (QED) is 0.802. The molecule has 0 amide bonds. The van der Waals surface area contributed by atoms with Gasteiger partial charge in [-0.15, -0.1) is 0 Å². The lowest BCUT2D eigenvalue weighted by molar-refractivity contribution is 0.252. The van der Waals surface area contributed by atoms with Crippen LogP contribution in [0, 0.1) is 12.8 Å². The molecule has 1 aromatic rings. The summed E-state index contributed by atoms with van der Waals surface area (Å²) in [5.41, 5.74) is 1.02. The molecule has 0 bridgehead atoms. The Morgan fingerprint density at radius 1 is 1.31 bits per heavy atom. The lowest BCUT2D eigenvalue weighted by Gasteiger charge is -2.15. The van der Waals surface area contributed by atoms with Crippen LogP contribution < -0.4 is 10.1 Å². The van der Waals surface area contributed by atoms with Gasteiger partial charge in [0.1, 0.15) is 5.75 Å². The van der Waals surface area contributed by atoms with E-state index in [1.165, 1.54) is 0 Å². The number of nitrogens with one attached hydrogen (secondary N) is 1. The minimum Gasteiger partial charge on any atom is -0.492 e. The molecule has 0 aliphatic carbocycles. The molecule has 0 radical (unpaired) electrons. The van der Waals surface area contributed by atoms with E-state index < -0.39 is 0 Å². The first-order valence-corrected chi connectivity index (χ1v) is 5.86. The Bertz CT molecular complexity index is 295. The van der Waals surface area contributed by atoms with E-state index in [-0.39, 0.29) is 0 Å². The zero-order valence-electron chi connectivity index (χ0n) is 10.7. The summed E-state index contributed by atoms with van der Waals surface area (Å²) in [5, 5.41) is 3.40. The molecule has 0 aliphatic heterocycles. The standard InChI is InChI=1S/C13H22N2O/c1-10(2)14-7-11(3)9-16-13-6-5-12(4)15-8-13/h5-6,8,10-11,14H,7,9H2,1-4H3. The van der Waals surface area contributed by atoms with Crippen molar-refractivity contribution in [3.05, 3.63) is 24.0 Å². The second-order valence-electron chi connectivity index (χ2n) is 4.61. The fourth-order valence-electron chi connectivity index (χ4n) is 1.27. The molecule has 0 aliphatic rings. The van der Waals surface area contributed by atoms with Crippen molar-refractivity contribution in [2.24, 2.45) is 5.92 Å². The molecule has 16 heavy (non-hydrogen) atoms. The van der Waals surface area contributed by atoms with Crippen LogP contribution >= 0.6 is 0 Å². The van der Waals surface area contributed by atoms with Gasteiger partial charge in [-0.3, -0.25) is 4.98 Å². The van der Waals surface area contributed by atoms with Crippen molar-refractivity contribution in [2.45, 2.75) is 33.7 Å². The Kier molecular flexibility index (Phi) is 5.26. The fourth-order valence-corrected chi connectivity index (χ4v) is 1.27. The predicted molar refractivity (Wildman–Crippen MR) is 66.8 cm³/mol. The Balaban J connectivity index is 2.26. The second kappa shape index (κ2) is 6.48. The summed E-state index contributed by atoms with van der Waals surface area (Å²) in [6.45, 7) is 10.2. The van der Waals surface area contributed by atoms with Crippen LogP contribution in [0.2, 0.25) is 0 Å². The van der Waals surface area contributed by atoms with Crippen LogP contribution in [0.15, 0.2) is 18.3 Å². The first-order valence-electron chi connectivity index (χ1n) is 5.86. The van der Waals surface area contributed by atoms with Gasteiger partial charge in [0.05, 0.1) is 12.8 Å². The van der Waals surface area contributed by atoms with E-state index in [4.69, 9.17) is 4.74 Å². The van der Waals surface area contributed by atoms with Crippen molar-refractivity contribution in [3.8, 4) is 5.75 Å². The monoisotopic (exact) mass is 222 g/mol. The first kappa shape index (κ1) is 13.0. The summed E-state index contributed by atoms with van der Waals surface area (Å²) in [5.74, 6) is 1.35. The van der Waals surface area contributed by atoms with Gasteiger partial charge < -0.3 is 10.1 Å². The largest absolute Gasteiger partial charge is 0.492 e. The van der Waals surface area contributed by atoms with Gasteiger partial charge >= 0.3 is 0 Å². The number of nitrogens with zero attached hydrogens (tertiary/aromatic N) is 1. The lowest BCUT2D eigenvalue weighted by Crippen LogP contribution is -2.30. The first-order chi connectivity index (χ1) is 7.58. The molecule has 1 atom stereocenters. The maximum atomic E-state index is 5.65. The van der Waals surface area contributed by atoms with E-state index in [1.54, 1.807) is 6.20 Å². The average Bonchev–Trinajstić information content (AvgIpc) is 2.25. The van der Waals surface area contributed by atoms with Crippen LogP contribution in [0.1, 0.15) is 26.5 Å². The Labute approximate surface area is 98.2 Å². The molecular formula is C13H22N2O. The number of ether oxygens (including phenoxy) is 1. The van der Waals surface area contributed by atoms with Crippen molar-refractivity contribution >= 4 is 0 Å². The number of pyridine rings is 1. The van der Waals surface area contributed by atoms with Gasteiger partial charge in [0.15, 0.2) is 0 Å². The molecule has 1 rings (SSSR count). The summed E-state index contributed by atoms with van der Waals surface area (Å²) >= 11 is 0. The van der Waals surface area contributed by atoms with Crippen molar-refractivity contribution in [3.63, 3.8) is 0 Å². The smallest absolute Gasteiger partial charge is 0.137 e. The highest BCUT2D eigenvalue weighted by Crippen LogP contribution is 2.09. The van der Waals surface area contributed by atoms with Gasteiger partial charge in [0, 0.05) is 24.2 Å². The number of hydrogen-bond acceptors (Lipinski definition) is 3. The second-order valence-corrected chi connectivity index (χ2v) is 4.61. The number of aryl methyl sites for hydroxylation is 1. The molecule has 0 saturated carbocycles. The molecule has 0 aromatic carbocycles. The molecular weight excluding hydrogens is 200 g/mol. The van der Waals surface area contributed by atoms with Crippen molar-refractivity contribution < 1.29 is 4.74 Å². The molecule has 3 nitrogen and oxygen atoms in total. The molecule has 1 aromatic heterocycles. The van der Waals surface area contributed by atoms with Gasteiger partial charge in [-0.1, -0.05) is 20.8 Å². The van der Waals surface area contributed by atoms with Crippen molar-refractivity contribution in [1.29, 1.82) is 0 Å². The van der Waals surface area contributed by atoms with Crippen LogP contribution in [0.25, 0.3) is 0 Å². The summed E-state index contributed by atoms with van der Waals surface area (Å²) < 4.78 is 5.65. The predicted octanol–water partition coefficient (Wildman–Crippen LogP) is 2.40. The Morgan fingerprint density at radius 2 is 2.06 bits per heavy atom. The molecule has 1 heterocycles. The topological polar surface area (TPSA) is 34.1 Å². The van der Waals surface area contributed by atoms with Crippen molar-refractivity contribution in [1.82, 2.24) is 10.3 Å². The maximum Gasteiger partial charge on any atom is 0.137 e. The third-order valence-electron chi connectivity index (χ3n) is 2.29. The third kappa shape index (κ3) is 5.12. The summed E-state index contributed by atoms with van der Waals surface area (Å²) in [6, 6.07) is 4.46. The highest BCUT2D eigenvalue weighted by Gasteiger charge is 2.04. The fraction of sp³-hybridized carbons (Fsp3) is 0.615. The van der Waals surface area contributed by atoms with Gasteiger partial charge in [-0.2, -0.15) is 0 Å². The van der Waals surface area contributed by atoms with Gasteiger partial charge in [-0.05, 0) is 19.1 Å². The van der Waals surface area contributed by atoms with Gasteiger partial charge in [0.25, 0.3) is 0 Å². The number of hydrogen-bond donors (Lipinski definition) is 1. The number of rotatable bonds is 6. The van der Waals surface area contributed by atoms with Crippen molar-refractivity contribution in [2.75, 3.05) is 13.2 Å². The van der Waals surface area contributed by atoms with E-state index in [0.29, 0.717) is 12.0 Å². The minimum atomic E-state index is 0.503. The third-order valence-corrected chi connectivity index (χ3v) is 2.29. The summed E-state index contributed by atoms with van der Waals surface area (Å²) in [4.78, 5) is 4.19. The van der Waals surface area contributed by atoms with E-state index in [2.05, 4.69) is 31.1 Å². The highest BCUT2D eigenvalue weighted by molar-refractivity contribution is 5.18. The van der Waals surface area contributed by atoms with Gasteiger partial charge in [0.2, 0.25) is 0 Å².